The molecule has 0 aromatic heterocycles. The molecule has 4 unspecified atom stereocenters. The van der Waals surface area contributed by atoms with E-state index in [0.29, 0.717) is 16.6 Å². The molecule has 2 saturated carbocycles. The predicted octanol–water partition coefficient (Wildman–Crippen LogP) is 4.45. The first-order chi connectivity index (χ1) is 7.11. The molecule has 2 bridgehead atoms. The second-order valence-electron chi connectivity index (χ2n) is 8.11. The second-order valence-corrected chi connectivity index (χ2v) is 8.11. The zero-order valence-corrected chi connectivity index (χ0v) is 11.9. The van der Waals surface area contributed by atoms with E-state index in [4.69, 9.17) is 7.85 Å². The van der Waals surface area contributed by atoms with Crippen LogP contribution in [-0.2, 0) is 0 Å². The van der Waals surface area contributed by atoms with Crippen LogP contribution in [0.3, 0.4) is 0 Å². The number of hydrogen-bond acceptors (Lipinski definition) is 0. The van der Waals surface area contributed by atoms with Gasteiger partial charge in [0.1, 0.15) is 0 Å². The lowest BCUT2D eigenvalue weighted by molar-refractivity contribution is 0.0777. The van der Waals surface area contributed by atoms with Crippen LogP contribution in [0.2, 0.25) is 5.82 Å². The van der Waals surface area contributed by atoms with Gasteiger partial charge >= 0.3 is 0 Å². The fourth-order valence-corrected chi connectivity index (χ4v) is 4.41. The number of hydrogen-bond donors (Lipinski definition) is 0. The summed E-state index contributed by atoms with van der Waals surface area (Å²) in [6, 6.07) is 0. The minimum absolute atomic E-state index is 0.244. The molecule has 0 aromatic rings. The summed E-state index contributed by atoms with van der Waals surface area (Å²) < 4.78 is 0. The van der Waals surface area contributed by atoms with Crippen molar-refractivity contribution in [3.63, 3.8) is 0 Å². The maximum atomic E-state index is 6.55. The average Bonchev–Trinajstić information content (AvgIpc) is 2.46. The molecule has 4 atom stereocenters. The van der Waals surface area contributed by atoms with Gasteiger partial charge in [0.2, 0.25) is 0 Å². The Kier molecular flexibility index (Phi) is 2.58. The molecule has 0 heterocycles. The highest BCUT2D eigenvalue weighted by atomic mass is 14.7. The Balaban J connectivity index is 2.28. The highest BCUT2D eigenvalue weighted by molar-refractivity contribution is 6.12. The smallest absolute Gasteiger partial charge is 0.0693 e. The summed E-state index contributed by atoms with van der Waals surface area (Å²) in [5.74, 6) is 1.99. The Morgan fingerprint density at radius 1 is 1.19 bits per heavy atom. The fourth-order valence-electron chi connectivity index (χ4n) is 4.41. The molecule has 0 nitrogen and oxygen atoms in total. The van der Waals surface area contributed by atoms with Crippen molar-refractivity contribution in [2.45, 2.75) is 66.6 Å². The Labute approximate surface area is 103 Å². The molecule has 2 fully saturated rings. The summed E-state index contributed by atoms with van der Waals surface area (Å²) in [5.41, 5.74) is 1.22. The molecule has 2 aliphatic rings. The van der Waals surface area contributed by atoms with Crippen molar-refractivity contribution in [2.75, 3.05) is 0 Å². The highest BCUT2D eigenvalue weighted by Gasteiger charge is 2.62. The normalized spacial score (nSPS) is 43.6. The molecule has 0 N–H and O–H groups in total. The summed E-state index contributed by atoms with van der Waals surface area (Å²) in [5, 5.41) is 0. The Hall–Kier alpha value is 0.0649. The first-order valence-electron chi connectivity index (χ1n) is 6.86. The first-order valence-corrected chi connectivity index (χ1v) is 6.86. The topological polar surface area (TPSA) is 0 Å². The van der Waals surface area contributed by atoms with Gasteiger partial charge in [-0.05, 0) is 47.3 Å². The third kappa shape index (κ3) is 1.42. The molecule has 0 aliphatic heterocycles. The maximum Gasteiger partial charge on any atom is 0.0710 e. The van der Waals surface area contributed by atoms with Gasteiger partial charge in [-0.2, -0.15) is 0 Å². The standard InChI is InChI=1S/C15H27B/c1-13(2,3)12(16)11-9-10-7-8-15(11,6)14(10,4)5/h10-12H,7-9H2,1-6H3. The minimum atomic E-state index is 0.244. The molecule has 2 radical (unpaired) electrons. The van der Waals surface area contributed by atoms with Crippen LogP contribution in [0.5, 0.6) is 0 Å². The fraction of sp³-hybridized carbons (Fsp3) is 1.00. The van der Waals surface area contributed by atoms with Crippen LogP contribution in [0, 0.1) is 28.1 Å². The van der Waals surface area contributed by atoms with Gasteiger partial charge in [0.15, 0.2) is 0 Å². The molecule has 0 aromatic carbocycles. The largest absolute Gasteiger partial charge is 0.0710 e. The van der Waals surface area contributed by atoms with E-state index in [1.807, 2.05) is 0 Å². The van der Waals surface area contributed by atoms with Crippen molar-refractivity contribution < 1.29 is 0 Å². The summed E-state index contributed by atoms with van der Waals surface area (Å²) in [7, 11) is 6.55. The van der Waals surface area contributed by atoms with Crippen LogP contribution in [0.4, 0.5) is 0 Å². The lowest BCUT2D eigenvalue weighted by atomic mass is 9.53. The van der Waals surface area contributed by atoms with Crippen LogP contribution in [0.15, 0.2) is 0 Å². The van der Waals surface area contributed by atoms with Crippen LogP contribution < -0.4 is 0 Å². The highest BCUT2D eigenvalue weighted by Crippen LogP contribution is 2.71. The van der Waals surface area contributed by atoms with E-state index in [0.717, 1.165) is 11.8 Å². The van der Waals surface area contributed by atoms with E-state index in [-0.39, 0.29) is 5.41 Å². The van der Waals surface area contributed by atoms with Gasteiger partial charge in [-0.25, -0.2) is 0 Å². The zero-order valence-electron chi connectivity index (χ0n) is 11.9. The van der Waals surface area contributed by atoms with Crippen LogP contribution >= 0.6 is 0 Å². The van der Waals surface area contributed by atoms with Crippen LogP contribution in [0.25, 0.3) is 0 Å². The van der Waals surface area contributed by atoms with E-state index < -0.39 is 0 Å². The van der Waals surface area contributed by atoms with Gasteiger partial charge < -0.3 is 0 Å². The molecule has 2 rings (SSSR count). The van der Waals surface area contributed by atoms with Gasteiger partial charge in [0.25, 0.3) is 0 Å². The van der Waals surface area contributed by atoms with Crippen molar-refractivity contribution in [3.8, 4) is 0 Å². The molecule has 0 spiro atoms. The average molecular weight is 218 g/mol. The molecule has 0 saturated heterocycles. The van der Waals surface area contributed by atoms with E-state index >= 15 is 0 Å². The van der Waals surface area contributed by atoms with Crippen molar-refractivity contribution in [3.05, 3.63) is 0 Å². The summed E-state index contributed by atoms with van der Waals surface area (Å²) >= 11 is 0. The van der Waals surface area contributed by atoms with Gasteiger partial charge in [-0.1, -0.05) is 47.4 Å². The molecule has 90 valence electrons. The monoisotopic (exact) mass is 218 g/mol. The minimum Gasteiger partial charge on any atom is -0.0693 e. The predicted molar refractivity (Wildman–Crippen MR) is 71.7 cm³/mol. The summed E-state index contributed by atoms with van der Waals surface area (Å²) in [6.45, 7) is 14.3. The number of fused-ring (bicyclic) bond motifs is 2. The SMILES string of the molecule is [B]C(C1CC2CCC1(C)C2(C)C)C(C)(C)C. The molecule has 0 amide bonds. The Bertz CT molecular complexity index is 286. The van der Waals surface area contributed by atoms with E-state index in [1.165, 1.54) is 19.3 Å². The third-order valence-electron chi connectivity index (χ3n) is 6.30. The van der Waals surface area contributed by atoms with E-state index in [9.17, 15) is 0 Å². The lowest BCUT2D eigenvalue weighted by Crippen LogP contribution is -2.37. The Morgan fingerprint density at radius 2 is 1.75 bits per heavy atom. The first kappa shape index (κ1) is 12.5. The molecular formula is C15H27B. The van der Waals surface area contributed by atoms with Gasteiger partial charge in [0.05, 0.1) is 7.85 Å². The maximum absolute atomic E-state index is 6.55. The lowest BCUT2D eigenvalue weighted by Gasteiger charge is -2.46. The van der Waals surface area contributed by atoms with Crippen molar-refractivity contribution >= 4 is 7.85 Å². The molecule has 16 heavy (non-hydrogen) atoms. The molecule has 2 aliphatic carbocycles. The van der Waals surface area contributed by atoms with Gasteiger partial charge in [0, 0.05) is 0 Å². The van der Waals surface area contributed by atoms with Gasteiger partial charge in [-0.15, -0.1) is 0 Å². The molecular weight excluding hydrogens is 191 g/mol. The van der Waals surface area contributed by atoms with E-state index in [2.05, 4.69) is 41.5 Å². The van der Waals surface area contributed by atoms with Crippen LogP contribution in [-0.4, -0.2) is 7.85 Å². The van der Waals surface area contributed by atoms with E-state index in [1.54, 1.807) is 0 Å². The van der Waals surface area contributed by atoms with Gasteiger partial charge in [-0.3, -0.25) is 0 Å². The van der Waals surface area contributed by atoms with Crippen molar-refractivity contribution in [2.24, 2.45) is 28.1 Å². The third-order valence-corrected chi connectivity index (χ3v) is 6.30. The quantitative estimate of drug-likeness (QED) is 0.570. The van der Waals surface area contributed by atoms with Crippen molar-refractivity contribution in [1.82, 2.24) is 0 Å². The Morgan fingerprint density at radius 3 is 2.06 bits per heavy atom. The number of rotatable bonds is 1. The second kappa shape index (κ2) is 3.30. The summed E-state index contributed by atoms with van der Waals surface area (Å²) in [6.07, 6.45) is 4.18. The summed E-state index contributed by atoms with van der Waals surface area (Å²) in [4.78, 5) is 0. The zero-order chi connectivity index (χ0) is 12.4. The van der Waals surface area contributed by atoms with Crippen molar-refractivity contribution in [1.29, 1.82) is 0 Å². The molecule has 1 heteroatoms. The van der Waals surface area contributed by atoms with Crippen LogP contribution in [0.1, 0.15) is 60.8 Å².